The summed E-state index contributed by atoms with van der Waals surface area (Å²) in [6.45, 7) is 3.86. The first-order valence-electron chi connectivity index (χ1n) is 6.59. The highest BCUT2D eigenvalue weighted by molar-refractivity contribution is 6.21. The van der Waals surface area contributed by atoms with Gasteiger partial charge in [-0.05, 0) is 25.0 Å². The summed E-state index contributed by atoms with van der Waals surface area (Å²) in [7, 11) is 1.81. The van der Waals surface area contributed by atoms with Gasteiger partial charge in [0.15, 0.2) is 0 Å². The molecule has 1 heterocycles. The Labute approximate surface area is 123 Å². The van der Waals surface area contributed by atoms with Crippen LogP contribution in [0.25, 0.3) is 0 Å². The maximum absolute atomic E-state index is 12.4. The topological polar surface area (TPSA) is 46.9 Å². The fourth-order valence-electron chi connectivity index (χ4n) is 2.13. The van der Waals surface area contributed by atoms with Crippen LogP contribution in [0.1, 0.15) is 40.8 Å². The lowest BCUT2D eigenvalue weighted by atomic mass is 10.1. The van der Waals surface area contributed by atoms with E-state index in [1.165, 1.54) is 0 Å². The second-order valence-corrected chi connectivity index (χ2v) is 5.33. The minimum absolute atomic E-state index is 0.153. The largest absolute Gasteiger partial charge is 0.322 e. The maximum atomic E-state index is 12.4. The fraction of sp³-hybridized carbons (Fsp3) is 0.333. The molecule has 0 aliphatic heterocycles. The summed E-state index contributed by atoms with van der Waals surface area (Å²) in [5, 5.41) is 7.04. The van der Waals surface area contributed by atoms with E-state index in [9.17, 15) is 4.79 Å². The molecule has 0 bridgehead atoms. The molecule has 0 aliphatic carbocycles. The van der Waals surface area contributed by atoms with Gasteiger partial charge in [-0.1, -0.05) is 25.1 Å². The fourth-order valence-corrected chi connectivity index (χ4v) is 2.32. The van der Waals surface area contributed by atoms with Gasteiger partial charge < -0.3 is 5.32 Å². The minimum atomic E-state index is -0.161. The summed E-state index contributed by atoms with van der Waals surface area (Å²) >= 11 is 6.13. The van der Waals surface area contributed by atoms with Crippen LogP contribution in [-0.4, -0.2) is 15.7 Å². The third-order valence-corrected chi connectivity index (χ3v) is 3.36. The number of para-hydroxylation sites is 1. The van der Waals surface area contributed by atoms with E-state index in [1.54, 1.807) is 10.9 Å². The molecular weight excluding hydrogens is 274 g/mol. The monoisotopic (exact) mass is 291 g/mol. The number of nitrogens with zero attached hydrogens (tertiary/aromatic N) is 2. The summed E-state index contributed by atoms with van der Waals surface area (Å²) in [6, 6.07) is 7.55. The Hall–Kier alpha value is -1.81. The third kappa shape index (κ3) is 3.02. The predicted molar refractivity (Wildman–Crippen MR) is 81.2 cm³/mol. The van der Waals surface area contributed by atoms with Crippen LogP contribution >= 0.6 is 11.6 Å². The van der Waals surface area contributed by atoms with Crippen molar-refractivity contribution in [3.63, 3.8) is 0 Å². The third-order valence-electron chi connectivity index (χ3n) is 3.12. The SMILES string of the molecule is CCc1nn(C)cc1C(=O)Nc1ccccc1C(C)Cl. The van der Waals surface area contributed by atoms with Crippen LogP contribution < -0.4 is 5.32 Å². The van der Waals surface area contributed by atoms with Crippen molar-refractivity contribution in [2.24, 2.45) is 7.05 Å². The molecule has 0 radical (unpaired) electrons. The maximum Gasteiger partial charge on any atom is 0.259 e. The first-order chi connectivity index (χ1) is 9.52. The number of aryl methyl sites for hydroxylation is 2. The van der Waals surface area contributed by atoms with E-state index in [0.717, 1.165) is 23.4 Å². The number of halogens is 1. The summed E-state index contributed by atoms with van der Waals surface area (Å²) < 4.78 is 1.66. The molecular formula is C15H18ClN3O. The van der Waals surface area contributed by atoms with E-state index in [-0.39, 0.29) is 11.3 Å². The van der Waals surface area contributed by atoms with Crippen LogP contribution in [0, 0.1) is 0 Å². The number of alkyl halides is 1. The van der Waals surface area contributed by atoms with Gasteiger partial charge in [-0.3, -0.25) is 9.48 Å². The summed E-state index contributed by atoms with van der Waals surface area (Å²) in [6.07, 6.45) is 2.46. The van der Waals surface area contributed by atoms with Crippen LogP contribution in [0.15, 0.2) is 30.5 Å². The Morgan fingerprint density at radius 1 is 1.45 bits per heavy atom. The molecule has 1 aromatic carbocycles. The van der Waals surface area contributed by atoms with E-state index in [2.05, 4.69) is 10.4 Å². The molecule has 0 aliphatic rings. The van der Waals surface area contributed by atoms with Gasteiger partial charge in [0, 0.05) is 18.9 Å². The Bertz CT molecular complexity index is 619. The molecule has 106 valence electrons. The molecule has 4 nitrogen and oxygen atoms in total. The number of benzene rings is 1. The smallest absolute Gasteiger partial charge is 0.259 e. The molecule has 2 aromatic rings. The lowest BCUT2D eigenvalue weighted by Crippen LogP contribution is -2.14. The van der Waals surface area contributed by atoms with Gasteiger partial charge in [0.2, 0.25) is 0 Å². The molecule has 0 fully saturated rings. The second kappa shape index (κ2) is 6.09. The van der Waals surface area contributed by atoms with Crippen LogP contribution in [0.4, 0.5) is 5.69 Å². The van der Waals surface area contributed by atoms with E-state index < -0.39 is 0 Å². The van der Waals surface area contributed by atoms with E-state index in [4.69, 9.17) is 11.6 Å². The minimum Gasteiger partial charge on any atom is -0.322 e. The number of rotatable bonds is 4. The number of anilines is 1. The number of hydrogen-bond donors (Lipinski definition) is 1. The van der Waals surface area contributed by atoms with Gasteiger partial charge >= 0.3 is 0 Å². The normalized spacial score (nSPS) is 12.2. The van der Waals surface area contributed by atoms with Gasteiger partial charge in [0.1, 0.15) is 0 Å². The molecule has 20 heavy (non-hydrogen) atoms. The van der Waals surface area contributed by atoms with Gasteiger partial charge in [-0.2, -0.15) is 5.10 Å². The first kappa shape index (κ1) is 14.6. The van der Waals surface area contributed by atoms with Crippen LogP contribution in [0.2, 0.25) is 0 Å². The molecule has 5 heteroatoms. The molecule has 0 saturated carbocycles. The first-order valence-corrected chi connectivity index (χ1v) is 7.03. The molecule has 0 saturated heterocycles. The van der Waals surface area contributed by atoms with Crippen LogP contribution in [0.3, 0.4) is 0 Å². The summed E-state index contributed by atoms with van der Waals surface area (Å²) in [4.78, 5) is 12.4. The van der Waals surface area contributed by atoms with E-state index in [1.807, 2.05) is 45.2 Å². The Balaban J connectivity index is 2.28. The Morgan fingerprint density at radius 3 is 2.80 bits per heavy atom. The predicted octanol–water partition coefficient (Wildman–Crippen LogP) is 3.53. The van der Waals surface area contributed by atoms with Crippen LogP contribution in [-0.2, 0) is 13.5 Å². The van der Waals surface area contributed by atoms with Crippen LogP contribution in [0.5, 0.6) is 0 Å². The van der Waals surface area contributed by atoms with Crippen molar-refractivity contribution in [3.8, 4) is 0 Å². The summed E-state index contributed by atoms with van der Waals surface area (Å²) in [5.41, 5.74) is 3.05. The molecule has 1 unspecified atom stereocenters. The zero-order valence-corrected chi connectivity index (χ0v) is 12.6. The summed E-state index contributed by atoms with van der Waals surface area (Å²) in [5.74, 6) is -0.153. The van der Waals surface area contributed by atoms with Crippen molar-refractivity contribution < 1.29 is 4.79 Å². The molecule has 1 aromatic heterocycles. The number of amides is 1. The second-order valence-electron chi connectivity index (χ2n) is 4.67. The average Bonchev–Trinajstić information content (AvgIpc) is 2.80. The highest BCUT2D eigenvalue weighted by atomic mass is 35.5. The molecule has 1 atom stereocenters. The van der Waals surface area contributed by atoms with E-state index >= 15 is 0 Å². The lowest BCUT2D eigenvalue weighted by Gasteiger charge is -2.12. The van der Waals surface area contributed by atoms with Gasteiger partial charge in [-0.25, -0.2) is 0 Å². The molecule has 1 N–H and O–H groups in total. The van der Waals surface area contributed by atoms with Crippen molar-refractivity contribution in [1.29, 1.82) is 0 Å². The van der Waals surface area contributed by atoms with Crippen molar-refractivity contribution in [3.05, 3.63) is 47.3 Å². The number of nitrogens with one attached hydrogen (secondary N) is 1. The van der Waals surface area contributed by atoms with Crippen molar-refractivity contribution in [1.82, 2.24) is 9.78 Å². The number of aromatic nitrogens is 2. The number of hydrogen-bond acceptors (Lipinski definition) is 2. The zero-order chi connectivity index (χ0) is 14.7. The highest BCUT2D eigenvalue weighted by Gasteiger charge is 2.16. The highest BCUT2D eigenvalue weighted by Crippen LogP contribution is 2.27. The van der Waals surface area contributed by atoms with Gasteiger partial charge in [0.25, 0.3) is 5.91 Å². The molecule has 2 rings (SSSR count). The van der Waals surface area contributed by atoms with Crippen molar-refractivity contribution >= 4 is 23.2 Å². The number of carbonyl (C=O) groups is 1. The Kier molecular flexibility index (Phi) is 4.45. The van der Waals surface area contributed by atoms with E-state index in [0.29, 0.717) is 5.56 Å². The quantitative estimate of drug-likeness (QED) is 0.876. The van der Waals surface area contributed by atoms with Gasteiger partial charge in [-0.15, -0.1) is 11.6 Å². The van der Waals surface area contributed by atoms with Gasteiger partial charge in [0.05, 0.1) is 16.6 Å². The van der Waals surface area contributed by atoms with Crippen molar-refractivity contribution in [2.75, 3.05) is 5.32 Å². The van der Waals surface area contributed by atoms with Crippen molar-refractivity contribution in [2.45, 2.75) is 25.6 Å². The standard InChI is InChI=1S/C15H18ClN3O/c1-4-13-12(9-19(3)18-13)15(20)17-14-8-6-5-7-11(14)10(2)16/h5-10H,4H2,1-3H3,(H,17,20). The zero-order valence-electron chi connectivity index (χ0n) is 11.9. The number of carbonyl (C=O) groups excluding carboxylic acids is 1. The molecule has 0 spiro atoms. The Morgan fingerprint density at radius 2 is 2.15 bits per heavy atom. The molecule has 1 amide bonds. The lowest BCUT2D eigenvalue weighted by molar-refractivity contribution is 0.102. The average molecular weight is 292 g/mol.